The largest absolute Gasteiger partial charge is 0.453 e. The number of para-hydroxylation sites is 1. The van der Waals surface area contributed by atoms with Crippen LogP contribution in [0.2, 0.25) is 0 Å². The summed E-state index contributed by atoms with van der Waals surface area (Å²) in [5.41, 5.74) is 2.83. The van der Waals surface area contributed by atoms with Crippen molar-refractivity contribution in [3.8, 4) is 21.9 Å². The van der Waals surface area contributed by atoms with Gasteiger partial charge in [-0.3, -0.25) is 15.1 Å². The first kappa shape index (κ1) is 27.3. The van der Waals surface area contributed by atoms with Crippen LogP contribution in [0.15, 0.2) is 91.1 Å². The zero-order valence-corrected chi connectivity index (χ0v) is 22.8. The van der Waals surface area contributed by atoms with Crippen molar-refractivity contribution in [2.75, 3.05) is 24.7 Å². The molecule has 3 aromatic carbocycles. The number of imide groups is 1. The average Bonchev–Trinajstić information content (AvgIpc) is 3.40. The number of nitrogens with zero attached hydrogens (tertiary/aromatic N) is 2. The number of carbonyl (C=O) groups is 3. The van der Waals surface area contributed by atoms with Gasteiger partial charge in [0.15, 0.2) is 11.6 Å². The minimum absolute atomic E-state index is 0.0493. The summed E-state index contributed by atoms with van der Waals surface area (Å²) in [6, 6.07) is 21.8. The van der Waals surface area contributed by atoms with Gasteiger partial charge >= 0.3 is 12.1 Å². The number of hydrogen-bond acceptors (Lipinski definition) is 6. The fraction of sp³-hybridized carbons (Fsp3) is 0.0667. The van der Waals surface area contributed by atoms with Crippen LogP contribution in [0.3, 0.4) is 0 Å². The summed E-state index contributed by atoms with van der Waals surface area (Å²) in [6.07, 6.45) is 1.58. The number of nitrogens with one attached hydrogen (secondary N) is 3. The highest BCUT2D eigenvalue weighted by molar-refractivity contribution is 7.22. The molecule has 0 spiro atoms. The molecular formula is C30H24FN5O4S. The van der Waals surface area contributed by atoms with Gasteiger partial charge in [-0.2, -0.15) is 0 Å². The molecule has 5 rings (SSSR count). The molecule has 9 nitrogen and oxygen atoms in total. The molecule has 2 heterocycles. The lowest BCUT2D eigenvalue weighted by atomic mass is 10.1. The Labute approximate surface area is 238 Å². The molecule has 0 saturated carbocycles. The van der Waals surface area contributed by atoms with Crippen LogP contribution in [0.5, 0.6) is 11.5 Å². The van der Waals surface area contributed by atoms with Gasteiger partial charge in [-0.1, -0.05) is 30.3 Å². The van der Waals surface area contributed by atoms with E-state index in [0.717, 1.165) is 21.2 Å². The van der Waals surface area contributed by atoms with E-state index in [9.17, 15) is 18.8 Å². The zero-order valence-electron chi connectivity index (χ0n) is 22.0. The smallest absolute Gasteiger partial charge is 0.327 e. The molecular weight excluding hydrogens is 545 g/mol. The number of halogens is 1. The third-order valence-corrected chi connectivity index (χ3v) is 7.05. The summed E-state index contributed by atoms with van der Waals surface area (Å²) >= 11 is 1.43. The van der Waals surface area contributed by atoms with E-state index in [-0.39, 0.29) is 17.3 Å². The molecule has 0 aliphatic heterocycles. The van der Waals surface area contributed by atoms with Crippen LogP contribution in [0.4, 0.5) is 25.4 Å². The maximum atomic E-state index is 14.9. The predicted molar refractivity (Wildman–Crippen MR) is 157 cm³/mol. The van der Waals surface area contributed by atoms with Crippen LogP contribution in [-0.2, 0) is 0 Å². The average molecular weight is 570 g/mol. The van der Waals surface area contributed by atoms with Crippen molar-refractivity contribution in [2.45, 2.75) is 0 Å². The van der Waals surface area contributed by atoms with Crippen LogP contribution in [0.1, 0.15) is 10.4 Å². The first-order valence-electron chi connectivity index (χ1n) is 12.4. The Hall–Kier alpha value is -5.29. The summed E-state index contributed by atoms with van der Waals surface area (Å²) in [5, 5.41) is 7.06. The molecule has 0 aliphatic carbocycles. The third-order valence-electron chi connectivity index (χ3n) is 5.87. The number of aromatic nitrogens is 1. The second-order valence-electron chi connectivity index (χ2n) is 9.06. The lowest BCUT2D eigenvalue weighted by Gasteiger charge is -2.11. The van der Waals surface area contributed by atoms with Gasteiger partial charge in [-0.15, -0.1) is 11.3 Å². The first-order chi connectivity index (χ1) is 19.8. The summed E-state index contributed by atoms with van der Waals surface area (Å²) in [6.45, 7) is 0. The van der Waals surface area contributed by atoms with Crippen LogP contribution in [-0.4, -0.2) is 41.9 Å². The van der Waals surface area contributed by atoms with Crippen LogP contribution in [0, 0.1) is 5.82 Å². The highest BCUT2D eigenvalue weighted by atomic mass is 32.1. The van der Waals surface area contributed by atoms with E-state index in [0.29, 0.717) is 22.5 Å². The number of carbonyl (C=O) groups excluding carboxylic acids is 3. The molecule has 5 aromatic rings. The highest BCUT2D eigenvalue weighted by Crippen LogP contribution is 2.39. The third kappa shape index (κ3) is 6.48. The van der Waals surface area contributed by atoms with Crippen molar-refractivity contribution in [2.24, 2.45) is 0 Å². The number of urea groups is 2. The molecule has 0 saturated heterocycles. The number of amides is 5. The van der Waals surface area contributed by atoms with E-state index in [1.54, 1.807) is 68.8 Å². The first-order valence-corrected chi connectivity index (χ1v) is 13.2. The lowest BCUT2D eigenvalue weighted by Crippen LogP contribution is -2.37. The number of rotatable bonds is 6. The normalized spacial score (nSPS) is 10.6. The van der Waals surface area contributed by atoms with Gasteiger partial charge in [0.25, 0.3) is 5.91 Å². The molecule has 3 N–H and O–H groups in total. The zero-order chi connectivity index (χ0) is 28.9. The van der Waals surface area contributed by atoms with E-state index in [1.807, 2.05) is 18.2 Å². The van der Waals surface area contributed by atoms with Crippen LogP contribution >= 0.6 is 11.3 Å². The Morgan fingerprint density at radius 3 is 2.22 bits per heavy atom. The monoisotopic (exact) mass is 569 g/mol. The van der Waals surface area contributed by atoms with E-state index in [4.69, 9.17) is 4.74 Å². The minimum Gasteiger partial charge on any atom is -0.453 e. The van der Waals surface area contributed by atoms with E-state index < -0.39 is 17.9 Å². The number of benzene rings is 3. The predicted octanol–water partition coefficient (Wildman–Crippen LogP) is 6.95. The Kier molecular flexibility index (Phi) is 7.88. The van der Waals surface area contributed by atoms with Gasteiger partial charge in [0, 0.05) is 54.2 Å². The van der Waals surface area contributed by atoms with Crippen LogP contribution < -0.4 is 20.7 Å². The van der Waals surface area contributed by atoms with Crippen molar-refractivity contribution in [1.82, 2.24) is 15.2 Å². The molecule has 0 radical (unpaired) electrons. The number of fused-ring (bicyclic) bond motifs is 1. The number of ether oxygens (including phenoxy) is 1. The van der Waals surface area contributed by atoms with Gasteiger partial charge in [0.05, 0.1) is 10.2 Å². The molecule has 0 atom stereocenters. The molecule has 0 bridgehead atoms. The van der Waals surface area contributed by atoms with E-state index in [1.165, 1.54) is 28.4 Å². The number of thiophene rings is 1. The Balaban J connectivity index is 1.27. The summed E-state index contributed by atoms with van der Waals surface area (Å²) < 4.78 is 21.6. The second-order valence-corrected chi connectivity index (χ2v) is 10.1. The Morgan fingerprint density at radius 2 is 1.54 bits per heavy atom. The van der Waals surface area contributed by atoms with Crippen molar-refractivity contribution in [1.29, 1.82) is 0 Å². The summed E-state index contributed by atoms with van der Waals surface area (Å²) in [5.74, 6) is -0.422. The Morgan fingerprint density at radius 1 is 0.829 bits per heavy atom. The molecule has 0 aliphatic rings. The number of anilines is 2. The quantitative estimate of drug-likeness (QED) is 0.205. The fourth-order valence-corrected chi connectivity index (χ4v) is 4.97. The lowest BCUT2D eigenvalue weighted by molar-refractivity contribution is 0.0827. The fourth-order valence-electron chi connectivity index (χ4n) is 3.90. The minimum atomic E-state index is -0.826. The van der Waals surface area contributed by atoms with E-state index in [2.05, 4.69) is 20.9 Å². The van der Waals surface area contributed by atoms with Crippen LogP contribution in [0.25, 0.3) is 20.7 Å². The van der Waals surface area contributed by atoms with Gasteiger partial charge in [-0.25, -0.2) is 14.0 Å². The maximum Gasteiger partial charge on any atom is 0.327 e. The molecule has 41 heavy (non-hydrogen) atoms. The summed E-state index contributed by atoms with van der Waals surface area (Å²) in [7, 11) is 3.40. The van der Waals surface area contributed by atoms with Crippen molar-refractivity contribution in [3.05, 3.63) is 103 Å². The molecule has 0 unspecified atom stereocenters. The summed E-state index contributed by atoms with van der Waals surface area (Å²) in [4.78, 5) is 43.2. The van der Waals surface area contributed by atoms with Gasteiger partial charge in [0.1, 0.15) is 5.75 Å². The van der Waals surface area contributed by atoms with Crippen molar-refractivity contribution >= 4 is 50.9 Å². The maximum absolute atomic E-state index is 14.9. The molecule has 11 heteroatoms. The second kappa shape index (κ2) is 11.8. The number of hydrogen-bond donors (Lipinski definition) is 3. The molecule has 206 valence electrons. The topological polar surface area (TPSA) is 113 Å². The standard InChI is InChI=1S/C30H24FN5O4S/c1-36(2)28(37)19-10-8-18(9-11-19)26-17-23-27(41-26)25(14-15-32-23)40-24-13-12-21(16-22(24)31)34-30(39)35-29(38)33-20-6-4-3-5-7-20/h3-17H,1-2H3,(H3,33,34,35,38,39). The Bertz CT molecular complexity index is 1740. The molecule has 0 fully saturated rings. The van der Waals surface area contributed by atoms with Crippen molar-refractivity contribution in [3.63, 3.8) is 0 Å². The van der Waals surface area contributed by atoms with E-state index >= 15 is 0 Å². The number of pyridine rings is 1. The molecule has 5 amide bonds. The van der Waals surface area contributed by atoms with Gasteiger partial charge in [-0.05, 0) is 48.0 Å². The highest BCUT2D eigenvalue weighted by Gasteiger charge is 2.15. The SMILES string of the molecule is CN(C)C(=O)c1ccc(-c2cc3nccc(Oc4ccc(NC(=O)NC(=O)Nc5ccccc5)cc4F)c3s2)cc1. The van der Waals surface area contributed by atoms with Gasteiger partial charge < -0.3 is 20.3 Å². The molecule has 2 aromatic heterocycles. The van der Waals surface area contributed by atoms with Gasteiger partial charge in [0.2, 0.25) is 0 Å². The van der Waals surface area contributed by atoms with Crippen molar-refractivity contribution < 1.29 is 23.5 Å².